The number of quaternary nitrogens is 1. The fraction of sp³-hybridized carbons (Fsp3) is 0.591. The molecule has 0 bridgehead atoms. The highest BCUT2D eigenvalue weighted by Gasteiger charge is 2.56. The lowest BCUT2D eigenvalue weighted by molar-refractivity contribution is -0.854. The average Bonchev–Trinajstić information content (AvgIpc) is 3.07. The van der Waals surface area contributed by atoms with Crippen LogP contribution < -0.4 is 0 Å². The molecule has 0 saturated carbocycles. The van der Waals surface area contributed by atoms with Gasteiger partial charge in [-0.1, -0.05) is 64.4 Å². The minimum atomic E-state index is -0.728. The molecule has 0 spiro atoms. The van der Waals surface area contributed by atoms with Gasteiger partial charge in [0.2, 0.25) is 0 Å². The zero-order valence-electron chi connectivity index (χ0n) is 16.9. The van der Waals surface area contributed by atoms with E-state index in [0.29, 0.717) is 25.9 Å². The number of likely N-dealkylation sites (tertiary alicyclic amines) is 1. The van der Waals surface area contributed by atoms with Crippen LogP contribution in [0.1, 0.15) is 64.9 Å². The van der Waals surface area contributed by atoms with Crippen molar-refractivity contribution in [3.8, 4) is 0 Å². The normalized spacial score (nSPS) is 25.3. The van der Waals surface area contributed by atoms with Crippen LogP contribution in [0.3, 0.4) is 0 Å². The van der Waals surface area contributed by atoms with Gasteiger partial charge in [0.25, 0.3) is 5.78 Å². The van der Waals surface area contributed by atoms with Gasteiger partial charge in [0.15, 0.2) is 0 Å². The molecular weight excluding hydrogens is 358 g/mol. The van der Waals surface area contributed by atoms with Crippen LogP contribution in [0.15, 0.2) is 30.3 Å². The van der Waals surface area contributed by atoms with E-state index in [1.54, 1.807) is 13.8 Å². The number of benzene rings is 1. The van der Waals surface area contributed by atoms with Crippen molar-refractivity contribution in [2.75, 3.05) is 13.1 Å². The third-order valence-electron chi connectivity index (χ3n) is 6.20. The molecule has 0 radical (unpaired) electrons. The third kappa shape index (κ3) is 4.30. The first-order chi connectivity index (χ1) is 12.7. The molecule has 0 aromatic heterocycles. The molecule has 1 saturated heterocycles. The number of carbonyl (C=O) groups is 3. The number of ketones is 1. The number of amides is 1. The van der Waals surface area contributed by atoms with E-state index in [0.717, 1.165) is 18.4 Å². The number of Topliss-reactive ketones (excluding diaryl/α,β-unsaturated/α-hetero) is 1. The van der Waals surface area contributed by atoms with E-state index >= 15 is 0 Å². The summed E-state index contributed by atoms with van der Waals surface area (Å²) in [6, 6.07) is 9.32. The van der Waals surface area contributed by atoms with Gasteiger partial charge >= 0.3 is 5.91 Å². The molecule has 1 aliphatic heterocycles. The molecule has 1 aromatic rings. The van der Waals surface area contributed by atoms with Crippen LogP contribution in [0, 0.1) is 5.41 Å². The molecule has 1 heterocycles. The zero-order chi connectivity index (χ0) is 20.2. The monoisotopic (exact) mass is 389 g/mol. The van der Waals surface area contributed by atoms with Gasteiger partial charge in [0.05, 0.1) is 18.2 Å². The van der Waals surface area contributed by atoms with Crippen LogP contribution in [0.5, 0.6) is 0 Å². The fourth-order valence-electron chi connectivity index (χ4n) is 4.00. The van der Waals surface area contributed by atoms with Gasteiger partial charge < -0.3 is 17.4 Å². The highest BCUT2D eigenvalue weighted by atomic mass is 32.1. The molecule has 2 rings (SSSR count). The summed E-state index contributed by atoms with van der Waals surface area (Å²) in [6.45, 7) is 8.54. The molecule has 3 unspecified atom stereocenters. The number of unbranched alkanes of at least 4 members (excludes halogenated alkanes) is 1. The Morgan fingerprint density at radius 1 is 1.15 bits per heavy atom. The van der Waals surface area contributed by atoms with Crippen molar-refractivity contribution in [2.45, 2.75) is 65.3 Å². The van der Waals surface area contributed by atoms with Gasteiger partial charge in [0, 0.05) is 17.8 Å². The van der Waals surface area contributed by atoms with Crippen molar-refractivity contribution in [3.05, 3.63) is 35.9 Å². The summed E-state index contributed by atoms with van der Waals surface area (Å²) in [7, 11) is 0. The molecule has 5 heteroatoms. The number of hydrogen-bond donors (Lipinski definition) is 0. The maximum atomic E-state index is 13.5. The lowest BCUT2D eigenvalue weighted by Gasteiger charge is -2.39. The van der Waals surface area contributed by atoms with Crippen LogP contribution in [0.2, 0.25) is 0 Å². The molecule has 3 atom stereocenters. The number of hydrogen-bond acceptors (Lipinski definition) is 4. The summed E-state index contributed by atoms with van der Waals surface area (Å²) in [5, 5.41) is -0.403. The SMILES string of the molecule is CCCC[N+]1(C(=O)C(=O)C(C)(C)CC)CC(c2ccccc2)CC1C(=O)[S-]. The van der Waals surface area contributed by atoms with Crippen LogP contribution in [-0.4, -0.2) is 40.4 Å². The molecular formula is C22H31NO3S. The van der Waals surface area contributed by atoms with Crippen molar-refractivity contribution in [3.63, 3.8) is 0 Å². The molecule has 1 fully saturated rings. The molecule has 1 aliphatic rings. The fourth-order valence-corrected chi connectivity index (χ4v) is 4.29. The Morgan fingerprint density at radius 3 is 2.30 bits per heavy atom. The Kier molecular flexibility index (Phi) is 6.92. The summed E-state index contributed by atoms with van der Waals surface area (Å²) < 4.78 is -0.0992. The largest absolute Gasteiger partial charge is 0.736 e. The predicted octanol–water partition coefficient (Wildman–Crippen LogP) is 3.76. The number of rotatable bonds is 8. The summed E-state index contributed by atoms with van der Waals surface area (Å²) >= 11 is 5.05. The zero-order valence-corrected chi connectivity index (χ0v) is 17.7. The summed E-state index contributed by atoms with van der Waals surface area (Å²) in [4.78, 5) is 38.9. The van der Waals surface area contributed by atoms with E-state index < -0.39 is 22.5 Å². The van der Waals surface area contributed by atoms with E-state index in [2.05, 4.69) is 0 Å². The molecule has 0 aliphatic carbocycles. The second kappa shape index (κ2) is 8.61. The number of nitrogens with zero attached hydrogens (tertiary/aromatic N) is 1. The Hall–Kier alpha value is -1.59. The minimum absolute atomic E-state index is 0.0569. The van der Waals surface area contributed by atoms with Crippen molar-refractivity contribution in [2.24, 2.45) is 5.41 Å². The molecule has 27 heavy (non-hydrogen) atoms. The first kappa shape index (κ1) is 21.7. The highest BCUT2D eigenvalue weighted by molar-refractivity contribution is 7.77. The third-order valence-corrected chi connectivity index (χ3v) is 6.47. The van der Waals surface area contributed by atoms with Gasteiger partial charge in [0.1, 0.15) is 6.04 Å². The van der Waals surface area contributed by atoms with Gasteiger partial charge in [-0.05, 0) is 18.4 Å². The van der Waals surface area contributed by atoms with Crippen molar-refractivity contribution >= 4 is 29.4 Å². The van der Waals surface area contributed by atoms with Crippen LogP contribution in [-0.2, 0) is 27.0 Å². The van der Waals surface area contributed by atoms with Gasteiger partial charge in [-0.3, -0.25) is 4.79 Å². The summed E-state index contributed by atoms with van der Waals surface area (Å²) in [5.41, 5.74) is 0.374. The topological polar surface area (TPSA) is 51.2 Å². The second-order valence-electron chi connectivity index (χ2n) is 8.34. The summed E-state index contributed by atoms with van der Waals surface area (Å²) in [6.07, 6.45) is 2.79. The molecule has 148 valence electrons. The van der Waals surface area contributed by atoms with Gasteiger partial charge in [-0.15, -0.1) is 0 Å². The van der Waals surface area contributed by atoms with Crippen molar-refractivity contribution < 1.29 is 18.9 Å². The number of carbonyl (C=O) groups excluding carboxylic acids is 3. The smallest absolute Gasteiger partial charge is 0.382 e. The first-order valence-electron chi connectivity index (χ1n) is 9.91. The van der Waals surface area contributed by atoms with Gasteiger partial charge in [-0.2, -0.15) is 0 Å². The predicted molar refractivity (Wildman–Crippen MR) is 109 cm³/mol. The Labute approximate surface area is 168 Å². The lowest BCUT2D eigenvalue weighted by Crippen LogP contribution is -2.62. The average molecular weight is 390 g/mol. The van der Waals surface area contributed by atoms with E-state index in [1.807, 2.05) is 44.2 Å². The van der Waals surface area contributed by atoms with E-state index in [4.69, 9.17) is 12.6 Å². The Balaban J connectivity index is 2.48. The second-order valence-corrected chi connectivity index (χ2v) is 8.75. The molecule has 1 aromatic carbocycles. The first-order valence-corrected chi connectivity index (χ1v) is 10.3. The standard InChI is InChI=1S/C22H31NO3S/c1-5-7-13-23(20(25)19(24)22(3,4)6-2)15-17(14-18(23)21(26)27)16-11-9-8-10-12-16/h8-12,17-18H,5-7,13-15H2,1-4H3. The van der Waals surface area contributed by atoms with Crippen LogP contribution in [0.25, 0.3) is 0 Å². The van der Waals surface area contributed by atoms with E-state index in [1.165, 1.54) is 0 Å². The van der Waals surface area contributed by atoms with E-state index in [-0.39, 0.29) is 16.2 Å². The lowest BCUT2D eigenvalue weighted by atomic mass is 9.84. The molecule has 4 nitrogen and oxygen atoms in total. The Bertz CT molecular complexity index is 701. The van der Waals surface area contributed by atoms with E-state index in [9.17, 15) is 14.4 Å². The van der Waals surface area contributed by atoms with Crippen molar-refractivity contribution in [1.82, 2.24) is 0 Å². The Morgan fingerprint density at radius 2 is 1.78 bits per heavy atom. The quantitative estimate of drug-likeness (QED) is 0.386. The molecule has 0 N–H and O–H groups in total. The minimum Gasteiger partial charge on any atom is -0.736 e. The van der Waals surface area contributed by atoms with Crippen LogP contribution in [0.4, 0.5) is 0 Å². The maximum absolute atomic E-state index is 13.5. The maximum Gasteiger partial charge on any atom is 0.382 e. The molecule has 1 amide bonds. The van der Waals surface area contributed by atoms with Crippen molar-refractivity contribution in [1.29, 1.82) is 0 Å². The highest BCUT2D eigenvalue weighted by Crippen LogP contribution is 2.40. The van der Waals surface area contributed by atoms with Crippen LogP contribution >= 0.6 is 0 Å². The summed E-state index contributed by atoms with van der Waals surface area (Å²) in [5.74, 6) is -0.755. The van der Waals surface area contributed by atoms with Gasteiger partial charge in [-0.25, -0.2) is 9.28 Å².